The number of nitrogens with one attached hydrogen (secondary N) is 1. The number of aliphatic hydroxyl groups excluding tert-OH is 2. The zero-order valence-corrected chi connectivity index (χ0v) is 8.06. The number of rotatable bonds is 6. The Morgan fingerprint density at radius 3 is 2.43 bits per heavy atom. The fourth-order valence-corrected chi connectivity index (χ4v) is 1.16. The van der Waals surface area contributed by atoms with Crippen molar-refractivity contribution < 1.29 is 10.2 Å². The third-order valence-corrected chi connectivity index (χ3v) is 2.04. The summed E-state index contributed by atoms with van der Waals surface area (Å²) in [6.07, 6.45) is 4.38. The van der Waals surface area contributed by atoms with Crippen molar-refractivity contribution in [2.24, 2.45) is 0 Å². The summed E-state index contributed by atoms with van der Waals surface area (Å²) in [5.74, 6) is 0. The van der Waals surface area contributed by atoms with Crippen LogP contribution in [0.5, 0.6) is 0 Å². The van der Waals surface area contributed by atoms with Gasteiger partial charge >= 0.3 is 0 Å². The van der Waals surface area contributed by atoms with Crippen LogP contribution in [0.3, 0.4) is 0 Å². The van der Waals surface area contributed by atoms with E-state index < -0.39 is 0 Å². The van der Waals surface area contributed by atoms with Gasteiger partial charge in [-0.1, -0.05) is 0 Å². The van der Waals surface area contributed by atoms with E-state index in [-0.39, 0.29) is 19.3 Å². The normalized spacial score (nSPS) is 10.8. The first-order valence-corrected chi connectivity index (χ1v) is 4.71. The lowest BCUT2D eigenvalue weighted by Crippen LogP contribution is -2.36. The summed E-state index contributed by atoms with van der Waals surface area (Å²) in [5, 5.41) is 20.6. The molecule has 0 aliphatic rings. The average molecular weight is 196 g/mol. The van der Waals surface area contributed by atoms with Crippen LogP contribution in [-0.4, -0.2) is 41.0 Å². The number of aromatic nitrogens is 1. The third kappa shape index (κ3) is 3.83. The topological polar surface area (TPSA) is 65.4 Å². The highest BCUT2D eigenvalue weighted by atomic mass is 16.3. The fraction of sp³-hybridized carbons (Fsp3) is 0.500. The first-order chi connectivity index (χ1) is 6.86. The van der Waals surface area contributed by atoms with Crippen molar-refractivity contribution in [2.75, 3.05) is 19.8 Å². The smallest absolute Gasteiger partial charge is 0.0607 e. The van der Waals surface area contributed by atoms with Crippen LogP contribution in [0.4, 0.5) is 0 Å². The second-order valence-electron chi connectivity index (χ2n) is 3.12. The van der Waals surface area contributed by atoms with Gasteiger partial charge in [0.05, 0.1) is 19.3 Å². The molecule has 0 bridgehead atoms. The van der Waals surface area contributed by atoms with E-state index in [4.69, 9.17) is 10.2 Å². The van der Waals surface area contributed by atoms with Gasteiger partial charge in [0, 0.05) is 12.4 Å². The molecule has 0 aliphatic heterocycles. The molecule has 1 aromatic heterocycles. The van der Waals surface area contributed by atoms with Crippen molar-refractivity contribution >= 4 is 0 Å². The number of aliphatic hydroxyl groups is 2. The number of hydrogen-bond donors (Lipinski definition) is 3. The van der Waals surface area contributed by atoms with Crippen molar-refractivity contribution in [3.8, 4) is 0 Å². The highest BCUT2D eigenvalue weighted by Crippen LogP contribution is 1.96. The van der Waals surface area contributed by atoms with E-state index in [2.05, 4.69) is 10.3 Å². The lowest BCUT2D eigenvalue weighted by molar-refractivity contribution is 0.171. The van der Waals surface area contributed by atoms with E-state index in [1.807, 2.05) is 12.1 Å². The molecule has 4 heteroatoms. The van der Waals surface area contributed by atoms with Gasteiger partial charge in [0.1, 0.15) is 0 Å². The summed E-state index contributed by atoms with van der Waals surface area (Å²) < 4.78 is 0. The molecule has 0 fully saturated rings. The highest BCUT2D eigenvalue weighted by Gasteiger charge is 2.03. The van der Waals surface area contributed by atoms with E-state index in [0.717, 1.165) is 13.0 Å². The van der Waals surface area contributed by atoms with Crippen molar-refractivity contribution in [1.82, 2.24) is 10.3 Å². The van der Waals surface area contributed by atoms with E-state index >= 15 is 0 Å². The quantitative estimate of drug-likeness (QED) is 0.577. The second-order valence-corrected chi connectivity index (χ2v) is 3.12. The van der Waals surface area contributed by atoms with Crippen LogP contribution in [0.25, 0.3) is 0 Å². The molecule has 1 rings (SSSR count). The predicted octanol–water partition coefficient (Wildman–Crippen LogP) is -0.433. The Labute approximate surface area is 83.6 Å². The van der Waals surface area contributed by atoms with Crippen LogP contribution in [0.2, 0.25) is 0 Å². The highest BCUT2D eigenvalue weighted by molar-refractivity contribution is 5.09. The Kier molecular flexibility index (Phi) is 5.14. The molecule has 14 heavy (non-hydrogen) atoms. The summed E-state index contributed by atoms with van der Waals surface area (Å²) in [6.45, 7) is 0.676. The Hall–Kier alpha value is -0.970. The monoisotopic (exact) mass is 196 g/mol. The minimum atomic E-state index is -0.211. The summed E-state index contributed by atoms with van der Waals surface area (Å²) in [5.41, 5.74) is 1.20. The van der Waals surface area contributed by atoms with Gasteiger partial charge in [-0.25, -0.2) is 0 Å². The molecule has 0 spiro atoms. The maximum absolute atomic E-state index is 8.79. The van der Waals surface area contributed by atoms with Crippen molar-refractivity contribution in [3.63, 3.8) is 0 Å². The third-order valence-electron chi connectivity index (χ3n) is 2.04. The molecule has 78 valence electrons. The molecule has 0 saturated heterocycles. The Morgan fingerprint density at radius 2 is 1.86 bits per heavy atom. The van der Waals surface area contributed by atoms with E-state index in [1.165, 1.54) is 5.56 Å². The molecular formula is C10H16N2O2. The Bertz CT molecular complexity index is 237. The molecule has 0 unspecified atom stereocenters. The predicted molar refractivity (Wildman–Crippen MR) is 53.9 cm³/mol. The molecule has 1 aromatic rings. The van der Waals surface area contributed by atoms with E-state index in [0.29, 0.717) is 0 Å². The van der Waals surface area contributed by atoms with Gasteiger partial charge < -0.3 is 15.5 Å². The molecule has 0 radical (unpaired) electrons. The van der Waals surface area contributed by atoms with Crippen molar-refractivity contribution in [3.05, 3.63) is 30.1 Å². The largest absolute Gasteiger partial charge is 0.395 e. The fourth-order valence-electron chi connectivity index (χ4n) is 1.16. The lowest BCUT2D eigenvalue weighted by Gasteiger charge is -2.12. The molecule has 0 aromatic carbocycles. The molecule has 0 atom stereocenters. The van der Waals surface area contributed by atoms with Crippen LogP contribution in [0, 0.1) is 0 Å². The maximum atomic E-state index is 8.79. The summed E-state index contributed by atoms with van der Waals surface area (Å²) in [6, 6.07) is 3.69. The van der Waals surface area contributed by atoms with Gasteiger partial charge in [-0.2, -0.15) is 0 Å². The zero-order valence-electron chi connectivity index (χ0n) is 8.06. The van der Waals surface area contributed by atoms with Crippen LogP contribution >= 0.6 is 0 Å². The summed E-state index contributed by atoms with van der Waals surface area (Å²) in [4.78, 5) is 3.92. The Balaban J connectivity index is 2.21. The number of nitrogens with zero attached hydrogens (tertiary/aromatic N) is 1. The van der Waals surface area contributed by atoms with Gasteiger partial charge in [0.2, 0.25) is 0 Å². The molecule has 0 amide bonds. The minimum absolute atomic E-state index is 0.0349. The first kappa shape index (κ1) is 11.1. The van der Waals surface area contributed by atoms with Gasteiger partial charge in [-0.15, -0.1) is 0 Å². The summed E-state index contributed by atoms with van der Waals surface area (Å²) >= 11 is 0. The van der Waals surface area contributed by atoms with Gasteiger partial charge in [0.15, 0.2) is 0 Å². The van der Waals surface area contributed by atoms with Gasteiger partial charge in [-0.05, 0) is 30.7 Å². The number of hydrogen-bond acceptors (Lipinski definition) is 4. The molecular weight excluding hydrogens is 180 g/mol. The van der Waals surface area contributed by atoms with Crippen LogP contribution in [0.1, 0.15) is 5.56 Å². The van der Waals surface area contributed by atoms with E-state index in [9.17, 15) is 0 Å². The van der Waals surface area contributed by atoms with Gasteiger partial charge in [0.25, 0.3) is 0 Å². The van der Waals surface area contributed by atoms with Crippen molar-refractivity contribution in [1.29, 1.82) is 0 Å². The lowest BCUT2D eigenvalue weighted by atomic mass is 10.2. The molecule has 3 N–H and O–H groups in total. The van der Waals surface area contributed by atoms with E-state index in [1.54, 1.807) is 12.4 Å². The molecule has 0 aliphatic carbocycles. The summed E-state index contributed by atoms with van der Waals surface area (Å²) in [7, 11) is 0. The second kappa shape index (κ2) is 6.48. The van der Waals surface area contributed by atoms with Crippen LogP contribution in [0.15, 0.2) is 24.5 Å². The molecule has 0 saturated carbocycles. The van der Waals surface area contributed by atoms with Crippen LogP contribution in [-0.2, 0) is 6.42 Å². The maximum Gasteiger partial charge on any atom is 0.0607 e. The van der Waals surface area contributed by atoms with Crippen molar-refractivity contribution in [2.45, 2.75) is 12.5 Å². The average Bonchev–Trinajstić information content (AvgIpc) is 2.26. The number of pyridine rings is 1. The SMILES string of the molecule is OCC(CO)NCCc1ccncc1. The Morgan fingerprint density at radius 1 is 1.21 bits per heavy atom. The minimum Gasteiger partial charge on any atom is -0.395 e. The van der Waals surface area contributed by atoms with Gasteiger partial charge in [-0.3, -0.25) is 4.98 Å². The van der Waals surface area contributed by atoms with Crippen LogP contribution < -0.4 is 5.32 Å². The zero-order chi connectivity index (χ0) is 10.2. The molecule has 4 nitrogen and oxygen atoms in total. The molecule has 1 heterocycles. The standard InChI is InChI=1S/C10H16N2O2/c13-7-10(8-14)12-6-3-9-1-4-11-5-2-9/h1-2,4-5,10,12-14H,3,6-8H2. The first-order valence-electron chi connectivity index (χ1n) is 4.71.